The van der Waals surface area contributed by atoms with Gasteiger partial charge in [-0.15, -0.1) is 11.3 Å². The topological polar surface area (TPSA) is 81.1 Å². The van der Waals surface area contributed by atoms with Crippen LogP contribution in [0.4, 0.5) is 5.00 Å². The van der Waals surface area contributed by atoms with Crippen molar-refractivity contribution in [2.24, 2.45) is 5.73 Å². The Hall–Kier alpha value is -2.74. The predicted octanol–water partition coefficient (Wildman–Crippen LogP) is 0.311. The number of anilines is 1. The number of hydrogen-bond donors (Lipinski definition) is 4. The third-order valence-electron chi connectivity index (χ3n) is 6.09. The maximum absolute atomic E-state index is 12.7. The summed E-state index contributed by atoms with van der Waals surface area (Å²) < 4.78 is 0. The molecule has 1 saturated heterocycles. The van der Waals surface area contributed by atoms with Gasteiger partial charge in [0.25, 0.3) is 11.8 Å². The Labute approximate surface area is 180 Å². The molecule has 2 aromatic carbocycles. The highest BCUT2D eigenvalue weighted by atomic mass is 32.1. The van der Waals surface area contributed by atoms with Crippen LogP contribution < -0.4 is 20.9 Å². The summed E-state index contributed by atoms with van der Waals surface area (Å²) in [5.74, 6) is -0.579. The Bertz CT molecular complexity index is 1050. The standard InChI is InChI=1S/C23H26N4O2S/c1-16(22(29)25-23-20(21(24)28)9-14-30-23)27-12-10-26(11-13-27)15-18-7-4-6-17-5-2-3-8-19(17)18/h2-9,14,16H,10-13,15H2,1H3,(H2,24,28)(H,25,29)/p+2/t16-/m0/s1. The number of piperazine rings is 1. The third-order valence-corrected chi connectivity index (χ3v) is 6.92. The maximum Gasteiger partial charge on any atom is 0.282 e. The minimum Gasteiger partial charge on any atom is -0.366 e. The number of quaternary nitrogens is 2. The zero-order valence-electron chi connectivity index (χ0n) is 17.1. The van der Waals surface area contributed by atoms with Crippen molar-refractivity contribution in [2.75, 3.05) is 31.5 Å². The molecule has 0 spiro atoms. The molecule has 0 saturated carbocycles. The van der Waals surface area contributed by atoms with Crippen LogP contribution in [-0.2, 0) is 11.3 Å². The van der Waals surface area contributed by atoms with Gasteiger partial charge in [0.1, 0.15) is 37.7 Å². The van der Waals surface area contributed by atoms with E-state index in [4.69, 9.17) is 5.73 Å². The molecule has 0 aliphatic carbocycles. The van der Waals surface area contributed by atoms with Crippen LogP contribution in [0.5, 0.6) is 0 Å². The van der Waals surface area contributed by atoms with E-state index in [1.54, 1.807) is 16.3 Å². The normalized spacial score (nSPS) is 20.0. The number of carbonyl (C=O) groups excluding carboxylic acids is 2. The summed E-state index contributed by atoms with van der Waals surface area (Å²) in [5, 5.41) is 7.81. The molecule has 2 heterocycles. The molecule has 2 amide bonds. The van der Waals surface area contributed by atoms with Crippen LogP contribution >= 0.6 is 11.3 Å². The van der Waals surface area contributed by atoms with Crippen LogP contribution in [0.15, 0.2) is 53.9 Å². The molecule has 7 heteroatoms. The van der Waals surface area contributed by atoms with Crippen LogP contribution in [0, 0.1) is 0 Å². The molecule has 4 rings (SSSR count). The van der Waals surface area contributed by atoms with Crippen molar-refractivity contribution in [2.45, 2.75) is 19.5 Å². The van der Waals surface area contributed by atoms with E-state index in [0.29, 0.717) is 10.6 Å². The average Bonchev–Trinajstić information content (AvgIpc) is 3.22. The van der Waals surface area contributed by atoms with E-state index >= 15 is 0 Å². The Morgan fingerprint density at radius 2 is 1.80 bits per heavy atom. The van der Waals surface area contributed by atoms with Crippen molar-refractivity contribution >= 4 is 38.9 Å². The average molecular weight is 425 g/mol. The molecule has 30 heavy (non-hydrogen) atoms. The first-order valence-corrected chi connectivity index (χ1v) is 11.2. The minimum absolute atomic E-state index is 0.0625. The molecule has 1 fully saturated rings. The lowest BCUT2D eigenvalue weighted by molar-refractivity contribution is -1.02. The first-order chi connectivity index (χ1) is 14.5. The summed E-state index contributed by atoms with van der Waals surface area (Å²) in [6.07, 6.45) is 0. The smallest absolute Gasteiger partial charge is 0.282 e. The van der Waals surface area contributed by atoms with Crippen molar-refractivity contribution in [3.8, 4) is 0 Å². The van der Waals surface area contributed by atoms with Gasteiger partial charge in [-0.05, 0) is 29.1 Å². The summed E-state index contributed by atoms with van der Waals surface area (Å²) in [6.45, 7) is 6.91. The molecule has 6 nitrogen and oxygen atoms in total. The molecule has 156 valence electrons. The SMILES string of the molecule is C[C@@H](C(=O)Nc1sccc1C(N)=O)[NH+]1CC[NH+](Cc2cccc3ccccc23)CC1. The first-order valence-electron chi connectivity index (χ1n) is 10.4. The van der Waals surface area contributed by atoms with Crippen molar-refractivity contribution in [1.82, 2.24) is 0 Å². The predicted molar refractivity (Wildman–Crippen MR) is 120 cm³/mol. The van der Waals surface area contributed by atoms with Gasteiger partial charge in [-0.25, -0.2) is 0 Å². The molecule has 0 unspecified atom stereocenters. The first kappa shape index (κ1) is 20.5. The number of carbonyl (C=O) groups is 2. The lowest BCUT2D eigenvalue weighted by Crippen LogP contribution is -3.29. The van der Waals surface area contributed by atoms with Crippen molar-refractivity contribution < 1.29 is 19.4 Å². The van der Waals surface area contributed by atoms with Crippen LogP contribution in [-0.4, -0.2) is 44.0 Å². The van der Waals surface area contributed by atoms with E-state index in [1.807, 2.05) is 6.92 Å². The number of benzene rings is 2. The molecule has 1 aliphatic heterocycles. The number of hydrogen-bond acceptors (Lipinski definition) is 3. The Morgan fingerprint density at radius 3 is 2.57 bits per heavy atom. The van der Waals surface area contributed by atoms with E-state index in [9.17, 15) is 9.59 Å². The molecule has 1 aromatic heterocycles. The second-order valence-corrected chi connectivity index (χ2v) is 8.88. The number of nitrogens with one attached hydrogen (secondary N) is 3. The fourth-order valence-electron chi connectivity index (χ4n) is 4.26. The summed E-state index contributed by atoms with van der Waals surface area (Å²) in [5.41, 5.74) is 7.13. The van der Waals surface area contributed by atoms with E-state index in [2.05, 4.69) is 47.8 Å². The Balaban J connectivity index is 1.34. The van der Waals surface area contributed by atoms with Gasteiger partial charge >= 0.3 is 0 Å². The zero-order valence-corrected chi connectivity index (χ0v) is 17.9. The third kappa shape index (κ3) is 4.38. The van der Waals surface area contributed by atoms with Crippen molar-refractivity contribution in [1.29, 1.82) is 0 Å². The fraction of sp³-hybridized carbons (Fsp3) is 0.304. The second-order valence-electron chi connectivity index (χ2n) is 7.96. The lowest BCUT2D eigenvalue weighted by atomic mass is 10.0. The van der Waals surface area contributed by atoms with Crippen LogP contribution in [0.2, 0.25) is 0 Å². The van der Waals surface area contributed by atoms with Gasteiger partial charge in [0.2, 0.25) is 0 Å². The van der Waals surface area contributed by atoms with E-state index in [-0.39, 0.29) is 11.9 Å². The van der Waals surface area contributed by atoms with Crippen molar-refractivity contribution in [3.63, 3.8) is 0 Å². The number of nitrogens with two attached hydrogens (primary N) is 1. The van der Waals surface area contributed by atoms with Crippen LogP contribution in [0.1, 0.15) is 22.8 Å². The molecule has 1 atom stereocenters. The van der Waals surface area contributed by atoms with Gasteiger partial charge in [-0.1, -0.05) is 42.5 Å². The minimum atomic E-state index is -0.516. The second kappa shape index (κ2) is 8.95. The number of amides is 2. The van der Waals surface area contributed by atoms with Crippen LogP contribution in [0.3, 0.4) is 0 Å². The number of thiophene rings is 1. The van der Waals surface area contributed by atoms with Gasteiger partial charge in [0.15, 0.2) is 6.04 Å². The molecule has 5 N–H and O–H groups in total. The lowest BCUT2D eigenvalue weighted by Gasteiger charge is -2.32. The van der Waals surface area contributed by atoms with Crippen molar-refractivity contribution in [3.05, 3.63) is 65.0 Å². The van der Waals surface area contributed by atoms with Gasteiger partial charge < -0.3 is 20.9 Å². The number of fused-ring (bicyclic) bond motifs is 1. The summed E-state index contributed by atoms with van der Waals surface area (Å²) in [7, 11) is 0. The zero-order chi connectivity index (χ0) is 21.1. The Morgan fingerprint density at radius 1 is 1.07 bits per heavy atom. The monoisotopic (exact) mass is 424 g/mol. The summed E-state index contributed by atoms with van der Waals surface area (Å²) in [4.78, 5) is 27.0. The molecule has 0 radical (unpaired) electrons. The molecule has 3 aromatic rings. The highest BCUT2D eigenvalue weighted by molar-refractivity contribution is 7.14. The van der Waals surface area contributed by atoms with Gasteiger partial charge in [-0.2, -0.15) is 0 Å². The molecular weight excluding hydrogens is 396 g/mol. The highest BCUT2D eigenvalue weighted by Crippen LogP contribution is 2.22. The largest absolute Gasteiger partial charge is 0.366 e. The van der Waals surface area contributed by atoms with Gasteiger partial charge in [-0.3, -0.25) is 9.59 Å². The van der Waals surface area contributed by atoms with E-state index in [1.165, 1.54) is 32.6 Å². The molecular formula is C23H28N4O2S+2. The Kier molecular flexibility index (Phi) is 6.13. The quantitative estimate of drug-likeness (QED) is 0.460. The molecule has 0 bridgehead atoms. The maximum atomic E-state index is 12.7. The van der Waals surface area contributed by atoms with Gasteiger partial charge in [0, 0.05) is 5.56 Å². The molecule has 1 aliphatic rings. The summed E-state index contributed by atoms with van der Waals surface area (Å²) in [6, 6.07) is 16.5. The van der Waals surface area contributed by atoms with E-state index < -0.39 is 5.91 Å². The van der Waals surface area contributed by atoms with Gasteiger partial charge in [0.05, 0.1) is 5.56 Å². The van der Waals surface area contributed by atoms with Crippen LogP contribution in [0.25, 0.3) is 10.8 Å². The highest BCUT2D eigenvalue weighted by Gasteiger charge is 2.31. The summed E-state index contributed by atoms with van der Waals surface area (Å²) >= 11 is 1.33. The number of primary amides is 1. The van der Waals surface area contributed by atoms with E-state index in [0.717, 1.165) is 32.7 Å². The fourth-order valence-corrected chi connectivity index (χ4v) is 5.05. The number of rotatable bonds is 6.